The van der Waals surface area contributed by atoms with Crippen LogP contribution in [0.25, 0.3) is 0 Å². The lowest BCUT2D eigenvalue weighted by Crippen LogP contribution is -2.02. The highest BCUT2D eigenvalue weighted by atomic mass is 35.5. The van der Waals surface area contributed by atoms with Crippen molar-refractivity contribution in [2.45, 2.75) is 19.4 Å². The highest BCUT2D eigenvalue weighted by molar-refractivity contribution is 6.17. The van der Waals surface area contributed by atoms with Crippen LogP contribution < -0.4 is 4.74 Å². The average molecular weight is 290 g/mol. The summed E-state index contributed by atoms with van der Waals surface area (Å²) in [6, 6.07) is 12.2. The number of hydrogen-bond acceptors (Lipinski definition) is 2. The van der Waals surface area contributed by atoms with Gasteiger partial charge < -0.3 is 4.74 Å². The van der Waals surface area contributed by atoms with E-state index in [-0.39, 0.29) is 12.2 Å². The summed E-state index contributed by atoms with van der Waals surface area (Å²) in [7, 11) is 0. The van der Waals surface area contributed by atoms with Crippen LogP contribution in [0.5, 0.6) is 5.75 Å². The first-order valence-corrected chi connectivity index (χ1v) is 6.65. The van der Waals surface area contributed by atoms with Gasteiger partial charge in [-0.25, -0.2) is 4.39 Å². The number of hydrogen-bond donors (Lipinski definition) is 0. The molecule has 20 heavy (non-hydrogen) atoms. The predicted molar refractivity (Wildman–Crippen MR) is 76.2 cm³/mol. The van der Waals surface area contributed by atoms with E-state index in [4.69, 9.17) is 21.6 Å². The van der Waals surface area contributed by atoms with Crippen LogP contribution in [-0.4, -0.2) is 0 Å². The zero-order valence-corrected chi connectivity index (χ0v) is 11.7. The first kappa shape index (κ1) is 14.4. The molecule has 2 rings (SSSR count). The quantitative estimate of drug-likeness (QED) is 0.785. The predicted octanol–water partition coefficient (Wildman–Crippen LogP) is 4.32. The van der Waals surface area contributed by atoms with Gasteiger partial charge in [0.05, 0.1) is 11.4 Å². The van der Waals surface area contributed by atoms with E-state index in [1.54, 1.807) is 12.1 Å². The maximum atomic E-state index is 13.9. The van der Waals surface area contributed by atoms with Gasteiger partial charge in [-0.2, -0.15) is 5.26 Å². The maximum Gasteiger partial charge on any atom is 0.147 e. The molecule has 0 saturated heterocycles. The standard InChI is InChI=1S/C16H13ClFNO/c1-11-5-6-15(14(7-11)8-17)20-10-13-4-2-3-12(9-19)16(13)18/h2-7H,8,10H2,1H3. The van der Waals surface area contributed by atoms with Crippen molar-refractivity contribution in [3.8, 4) is 11.8 Å². The Morgan fingerprint density at radius 1 is 1.25 bits per heavy atom. The van der Waals surface area contributed by atoms with Crippen molar-refractivity contribution >= 4 is 11.6 Å². The van der Waals surface area contributed by atoms with Crippen LogP contribution in [0.15, 0.2) is 36.4 Å². The van der Waals surface area contributed by atoms with Crippen molar-refractivity contribution in [1.29, 1.82) is 5.26 Å². The second kappa shape index (κ2) is 6.40. The van der Waals surface area contributed by atoms with Gasteiger partial charge in [-0.3, -0.25) is 0 Å². The number of nitriles is 1. The SMILES string of the molecule is Cc1ccc(OCc2cccc(C#N)c2F)c(CCl)c1. The van der Waals surface area contributed by atoms with Crippen LogP contribution in [0.4, 0.5) is 4.39 Å². The number of nitrogens with zero attached hydrogens (tertiary/aromatic N) is 1. The van der Waals surface area contributed by atoms with E-state index in [0.717, 1.165) is 11.1 Å². The topological polar surface area (TPSA) is 33.0 Å². The van der Waals surface area contributed by atoms with Crippen molar-refractivity contribution < 1.29 is 9.13 Å². The van der Waals surface area contributed by atoms with E-state index in [1.807, 2.05) is 31.2 Å². The molecule has 0 bridgehead atoms. The summed E-state index contributed by atoms with van der Waals surface area (Å²) in [5.74, 6) is 0.430. The van der Waals surface area contributed by atoms with Crippen molar-refractivity contribution in [3.63, 3.8) is 0 Å². The number of benzene rings is 2. The molecule has 0 heterocycles. The Hall–Kier alpha value is -2.05. The molecule has 0 radical (unpaired) electrons. The fourth-order valence-electron chi connectivity index (χ4n) is 1.89. The third-order valence-corrected chi connectivity index (χ3v) is 3.23. The summed E-state index contributed by atoms with van der Waals surface area (Å²) < 4.78 is 19.5. The minimum atomic E-state index is -0.533. The summed E-state index contributed by atoms with van der Waals surface area (Å²) in [6.07, 6.45) is 0. The molecule has 0 aliphatic heterocycles. The third-order valence-electron chi connectivity index (χ3n) is 2.94. The number of halogens is 2. The Bertz CT molecular complexity index is 664. The molecule has 0 atom stereocenters. The number of rotatable bonds is 4. The molecule has 0 aliphatic carbocycles. The van der Waals surface area contributed by atoms with Gasteiger partial charge in [-0.1, -0.05) is 29.8 Å². The molecule has 102 valence electrons. The van der Waals surface area contributed by atoms with Crippen LogP contribution in [0.1, 0.15) is 22.3 Å². The summed E-state index contributed by atoms with van der Waals surface area (Å²) in [5.41, 5.74) is 2.33. The Kier molecular flexibility index (Phi) is 4.60. The van der Waals surface area contributed by atoms with Crippen LogP contribution in [0, 0.1) is 24.1 Å². The van der Waals surface area contributed by atoms with Gasteiger partial charge in [0.2, 0.25) is 0 Å². The fraction of sp³-hybridized carbons (Fsp3) is 0.188. The van der Waals surface area contributed by atoms with Gasteiger partial charge in [0.1, 0.15) is 24.2 Å². The first-order valence-electron chi connectivity index (χ1n) is 6.11. The molecular formula is C16H13ClFNO. The second-order valence-electron chi connectivity index (χ2n) is 4.42. The van der Waals surface area contributed by atoms with Gasteiger partial charge >= 0.3 is 0 Å². The normalized spacial score (nSPS) is 10.1. The number of ether oxygens (including phenoxy) is 1. The van der Waals surface area contributed by atoms with Crippen LogP contribution in [-0.2, 0) is 12.5 Å². The Balaban J connectivity index is 2.19. The molecular weight excluding hydrogens is 277 g/mol. The van der Waals surface area contributed by atoms with Crippen LogP contribution >= 0.6 is 11.6 Å². The molecule has 2 aromatic rings. The van der Waals surface area contributed by atoms with Gasteiger partial charge in [-0.15, -0.1) is 11.6 Å². The summed E-state index contributed by atoms with van der Waals surface area (Å²) in [5, 5.41) is 8.79. The highest BCUT2D eigenvalue weighted by Gasteiger charge is 2.09. The summed E-state index contributed by atoms with van der Waals surface area (Å²) >= 11 is 5.87. The molecule has 0 saturated carbocycles. The first-order chi connectivity index (χ1) is 9.65. The Morgan fingerprint density at radius 2 is 2.05 bits per heavy atom. The monoisotopic (exact) mass is 289 g/mol. The number of alkyl halides is 1. The van der Waals surface area contributed by atoms with E-state index in [0.29, 0.717) is 17.2 Å². The zero-order valence-electron chi connectivity index (χ0n) is 11.0. The zero-order chi connectivity index (χ0) is 14.5. The van der Waals surface area contributed by atoms with Crippen molar-refractivity contribution in [2.24, 2.45) is 0 Å². The maximum absolute atomic E-state index is 13.9. The highest BCUT2D eigenvalue weighted by Crippen LogP contribution is 2.23. The van der Waals surface area contributed by atoms with Gasteiger partial charge in [-0.05, 0) is 19.1 Å². The van der Waals surface area contributed by atoms with E-state index in [9.17, 15) is 4.39 Å². The molecule has 2 nitrogen and oxygen atoms in total. The smallest absolute Gasteiger partial charge is 0.147 e. The van der Waals surface area contributed by atoms with E-state index in [1.165, 1.54) is 6.07 Å². The summed E-state index contributed by atoms with van der Waals surface area (Å²) in [6.45, 7) is 2.03. The van der Waals surface area contributed by atoms with E-state index >= 15 is 0 Å². The van der Waals surface area contributed by atoms with Gasteiger partial charge in [0.15, 0.2) is 0 Å². The lowest BCUT2D eigenvalue weighted by atomic mass is 10.1. The van der Waals surface area contributed by atoms with Crippen LogP contribution in [0.2, 0.25) is 0 Å². The molecule has 2 aromatic carbocycles. The Morgan fingerprint density at radius 3 is 2.75 bits per heavy atom. The van der Waals surface area contributed by atoms with E-state index in [2.05, 4.69) is 0 Å². The van der Waals surface area contributed by atoms with Crippen molar-refractivity contribution in [3.05, 3.63) is 64.5 Å². The fourth-order valence-corrected chi connectivity index (χ4v) is 2.10. The minimum Gasteiger partial charge on any atom is -0.488 e. The summed E-state index contributed by atoms with van der Waals surface area (Å²) in [4.78, 5) is 0. The minimum absolute atomic E-state index is 0.0209. The third kappa shape index (κ3) is 3.09. The van der Waals surface area contributed by atoms with Gasteiger partial charge in [0, 0.05) is 11.1 Å². The average Bonchev–Trinajstić information content (AvgIpc) is 2.47. The number of aryl methyl sites for hydroxylation is 1. The molecule has 0 unspecified atom stereocenters. The lowest BCUT2D eigenvalue weighted by molar-refractivity contribution is 0.297. The molecule has 0 fully saturated rings. The molecule has 0 spiro atoms. The molecule has 4 heteroatoms. The Labute approximate surface area is 122 Å². The molecule has 0 aromatic heterocycles. The molecule has 0 amide bonds. The molecule has 0 aliphatic rings. The lowest BCUT2D eigenvalue weighted by Gasteiger charge is -2.11. The van der Waals surface area contributed by atoms with E-state index < -0.39 is 5.82 Å². The largest absolute Gasteiger partial charge is 0.488 e. The van der Waals surface area contributed by atoms with Crippen LogP contribution in [0.3, 0.4) is 0 Å². The van der Waals surface area contributed by atoms with Crippen molar-refractivity contribution in [2.75, 3.05) is 0 Å². The van der Waals surface area contributed by atoms with Gasteiger partial charge in [0.25, 0.3) is 0 Å². The second-order valence-corrected chi connectivity index (χ2v) is 4.69. The van der Waals surface area contributed by atoms with Crippen molar-refractivity contribution in [1.82, 2.24) is 0 Å². The molecule has 0 N–H and O–H groups in total.